The van der Waals surface area contributed by atoms with Gasteiger partial charge in [0.25, 0.3) is 0 Å². The number of hydrogen-bond donors (Lipinski definition) is 1. The van der Waals surface area contributed by atoms with Gasteiger partial charge in [0.2, 0.25) is 5.91 Å². The number of carbonyl (C=O) groups excluding carboxylic acids is 1. The molecule has 0 aliphatic carbocycles. The molecule has 1 aromatic heterocycles. The van der Waals surface area contributed by atoms with Gasteiger partial charge in [-0.2, -0.15) is 5.10 Å². The summed E-state index contributed by atoms with van der Waals surface area (Å²) in [5.41, 5.74) is 2.73. The van der Waals surface area contributed by atoms with Gasteiger partial charge in [0.1, 0.15) is 0 Å². The number of carbonyl (C=O) groups is 1. The van der Waals surface area contributed by atoms with Crippen molar-refractivity contribution in [3.63, 3.8) is 0 Å². The highest BCUT2D eigenvalue weighted by molar-refractivity contribution is 5.91. The molecule has 0 aliphatic heterocycles. The van der Waals surface area contributed by atoms with Gasteiger partial charge < -0.3 is 5.32 Å². The fourth-order valence-corrected chi connectivity index (χ4v) is 1.58. The first-order valence-corrected chi connectivity index (χ1v) is 5.72. The van der Waals surface area contributed by atoms with Crippen molar-refractivity contribution in [2.24, 2.45) is 13.0 Å². The summed E-state index contributed by atoms with van der Waals surface area (Å²) in [6.45, 7) is 8.10. The van der Waals surface area contributed by atoms with Gasteiger partial charge in [-0.3, -0.25) is 9.48 Å². The van der Waals surface area contributed by atoms with E-state index in [1.54, 1.807) is 4.68 Å². The van der Waals surface area contributed by atoms with E-state index in [2.05, 4.69) is 24.3 Å². The lowest BCUT2D eigenvalue weighted by atomic mass is 10.1. The Hall–Kier alpha value is -1.32. The molecule has 0 atom stereocenters. The number of nitrogens with zero attached hydrogens (tertiary/aromatic N) is 2. The van der Waals surface area contributed by atoms with Crippen molar-refractivity contribution >= 4 is 11.6 Å². The Balaban J connectivity index is 2.63. The molecule has 4 heteroatoms. The smallest absolute Gasteiger partial charge is 0.224 e. The Bertz CT molecular complexity index is 380. The van der Waals surface area contributed by atoms with Gasteiger partial charge in [-0.15, -0.1) is 0 Å². The largest absolute Gasteiger partial charge is 0.323 e. The van der Waals surface area contributed by atoms with E-state index in [1.807, 2.05) is 20.9 Å². The summed E-state index contributed by atoms with van der Waals surface area (Å²) in [6, 6.07) is 0. The highest BCUT2D eigenvalue weighted by Crippen LogP contribution is 2.18. The van der Waals surface area contributed by atoms with Gasteiger partial charge in [0.05, 0.1) is 17.1 Å². The van der Waals surface area contributed by atoms with Crippen LogP contribution >= 0.6 is 0 Å². The van der Waals surface area contributed by atoms with E-state index in [1.165, 1.54) is 0 Å². The molecule has 0 fully saturated rings. The van der Waals surface area contributed by atoms with Gasteiger partial charge >= 0.3 is 0 Å². The van der Waals surface area contributed by atoms with Crippen molar-refractivity contribution in [2.45, 2.75) is 40.5 Å². The van der Waals surface area contributed by atoms with E-state index in [9.17, 15) is 4.79 Å². The number of rotatable bonds is 4. The molecular formula is C12H21N3O. The van der Waals surface area contributed by atoms with Crippen LogP contribution in [0, 0.1) is 19.8 Å². The minimum atomic E-state index is 0.0768. The Morgan fingerprint density at radius 1 is 1.44 bits per heavy atom. The normalized spacial score (nSPS) is 10.9. The second-order valence-corrected chi connectivity index (χ2v) is 4.65. The lowest BCUT2D eigenvalue weighted by molar-refractivity contribution is -0.116. The molecule has 0 aromatic carbocycles. The number of hydrogen-bond acceptors (Lipinski definition) is 2. The van der Waals surface area contributed by atoms with Crippen LogP contribution in [0.25, 0.3) is 0 Å². The van der Waals surface area contributed by atoms with Crippen LogP contribution in [0.15, 0.2) is 0 Å². The van der Waals surface area contributed by atoms with Gasteiger partial charge in [-0.25, -0.2) is 0 Å². The molecule has 0 saturated heterocycles. The molecule has 1 N–H and O–H groups in total. The standard InChI is InChI=1S/C12H21N3O/c1-8(2)6-7-11(16)13-12-9(3)14-15(5)10(12)4/h8H,6-7H2,1-5H3,(H,13,16). The van der Waals surface area contributed by atoms with Crippen LogP contribution in [-0.4, -0.2) is 15.7 Å². The van der Waals surface area contributed by atoms with Crippen LogP contribution in [0.5, 0.6) is 0 Å². The zero-order valence-electron chi connectivity index (χ0n) is 10.8. The summed E-state index contributed by atoms with van der Waals surface area (Å²) in [5, 5.41) is 7.19. The SMILES string of the molecule is Cc1nn(C)c(C)c1NC(=O)CCC(C)C. The lowest BCUT2D eigenvalue weighted by Gasteiger charge is -2.07. The fraction of sp³-hybridized carbons (Fsp3) is 0.667. The lowest BCUT2D eigenvalue weighted by Crippen LogP contribution is -2.13. The molecule has 90 valence electrons. The number of amides is 1. The van der Waals surface area contributed by atoms with Crippen LogP contribution in [0.3, 0.4) is 0 Å². The summed E-state index contributed by atoms with van der Waals surface area (Å²) < 4.78 is 1.79. The Labute approximate surface area is 97.0 Å². The van der Waals surface area contributed by atoms with E-state index in [0.717, 1.165) is 23.5 Å². The molecule has 1 amide bonds. The van der Waals surface area contributed by atoms with Crippen molar-refractivity contribution in [3.05, 3.63) is 11.4 Å². The summed E-state index contributed by atoms with van der Waals surface area (Å²) in [6.07, 6.45) is 1.50. The van der Waals surface area contributed by atoms with Crippen molar-refractivity contribution < 1.29 is 4.79 Å². The minimum Gasteiger partial charge on any atom is -0.323 e. The molecule has 16 heavy (non-hydrogen) atoms. The summed E-state index contributed by atoms with van der Waals surface area (Å²) in [4.78, 5) is 11.7. The van der Waals surface area contributed by atoms with E-state index in [-0.39, 0.29) is 5.91 Å². The van der Waals surface area contributed by atoms with E-state index in [0.29, 0.717) is 12.3 Å². The van der Waals surface area contributed by atoms with Crippen molar-refractivity contribution in [1.29, 1.82) is 0 Å². The second-order valence-electron chi connectivity index (χ2n) is 4.65. The van der Waals surface area contributed by atoms with Crippen molar-refractivity contribution in [3.8, 4) is 0 Å². The molecular weight excluding hydrogens is 202 g/mol. The molecule has 1 rings (SSSR count). The Morgan fingerprint density at radius 3 is 2.50 bits per heavy atom. The number of nitrogens with one attached hydrogen (secondary N) is 1. The van der Waals surface area contributed by atoms with Gasteiger partial charge in [0.15, 0.2) is 0 Å². The molecule has 4 nitrogen and oxygen atoms in total. The highest BCUT2D eigenvalue weighted by Gasteiger charge is 2.12. The number of aryl methyl sites for hydroxylation is 2. The molecule has 0 radical (unpaired) electrons. The molecule has 0 spiro atoms. The van der Waals surface area contributed by atoms with Gasteiger partial charge in [-0.05, 0) is 26.2 Å². The van der Waals surface area contributed by atoms with E-state index >= 15 is 0 Å². The first-order valence-electron chi connectivity index (χ1n) is 5.72. The average molecular weight is 223 g/mol. The quantitative estimate of drug-likeness (QED) is 0.852. The predicted molar refractivity (Wildman–Crippen MR) is 65.4 cm³/mol. The summed E-state index contributed by atoms with van der Waals surface area (Å²) in [5.74, 6) is 0.634. The van der Waals surface area contributed by atoms with Crippen LogP contribution in [0.1, 0.15) is 38.1 Å². The first-order chi connectivity index (χ1) is 7.41. The van der Waals surface area contributed by atoms with E-state index in [4.69, 9.17) is 0 Å². The second kappa shape index (κ2) is 5.14. The molecule has 0 saturated carbocycles. The third-order valence-corrected chi connectivity index (χ3v) is 2.72. The maximum atomic E-state index is 11.7. The Kier molecular flexibility index (Phi) is 4.10. The minimum absolute atomic E-state index is 0.0768. The first kappa shape index (κ1) is 12.7. The molecule has 1 heterocycles. The van der Waals surface area contributed by atoms with Crippen LogP contribution in [0.4, 0.5) is 5.69 Å². The van der Waals surface area contributed by atoms with Crippen LogP contribution < -0.4 is 5.32 Å². The summed E-state index contributed by atoms with van der Waals surface area (Å²) in [7, 11) is 1.88. The molecule has 0 bridgehead atoms. The van der Waals surface area contributed by atoms with Gasteiger partial charge in [0, 0.05) is 13.5 Å². The van der Waals surface area contributed by atoms with Crippen LogP contribution in [0.2, 0.25) is 0 Å². The van der Waals surface area contributed by atoms with E-state index < -0.39 is 0 Å². The monoisotopic (exact) mass is 223 g/mol. The third-order valence-electron chi connectivity index (χ3n) is 2.72. The van der Waals surface area contributed by atoms with Crippen molar-refractivity contribution in [1.82, 2.24) is 9.78 Å². The fourth-order valence-electron chi connectivity index (χ4n) is 1.58. The maximum absolute atomic E-state index is 11.7. The number of aromatic nitrogens is 2. The topological polar surface area (TPSA) is 46.9 Å². The highest BCUT2D eigenvalue weighted by atomic mass is 16.1. The predicted octanol–water partition coefficient (Wildman–Crippen LogP) is 2.41. The molecule has 1 aromatic rings. The Morgan fingerprint density at radius 2 is 2.06 bits per heavy atom. The van der Waals surface area contributed by atoms with Crippen molar-refractivity contribution in [2.75, 3.05) is 5.32 Å². The zero-order valence-corrected chi connectivity index (χ0v) is 10.8. The van der Waals surface area contributed by atoms with Gasteiger partial charge in [-0.1, -0.05) is 13.8 Å². The molecule has 0 aliphatic rings. The molecule has 0 unspecified atom stereocenters. The maximum Gasteiger partial charge on any atom is 0.224 e. The zero-order chi connectivity index (χ0) is 12.3. The van der Waals surface area contributed by atoms with Crippen LogP contribution in [-0.2, 0) is 11.8 Å². The average Bonchev–Trinajstić information content (AvgIpc) is 2.42. The number of anilines is 1. The summed E-state index contributed by atoms with van der Waals surface area (Å²) >= 11 is 0. The third kappa shape index (κ3) is 3.08.